The standard InChI is InChI=1S/C44H30N4/c1-44(2)34-22-12-11-21-32(34)39-37-30(19-13-23-35(37)44)26-36-38(39)33-25-24-27-14-9-10-20-31(27)40(33)48(36)43-46-41(28-15-5-3-6-16-28)45-42(47-43)29-17-7-4-8-18-29/h3-26H,1-2H3. The summed E-state index contributed by atoms with van der Waals surface area (Å²) in [7, 11) is 0. The van der Waals surface area contributed by atoms with Gasteiger partial charge >= 0.3 is 0 Å². The second kappa shape index (κ2) is 9.93. The molecule has 0 unspecified atom stereocenters. The van der Waals surface area contributed by atoms with Gasteiger partial charge in [-0.15, -0.1) is 0 Å². The van der Waals surface area contributed by atoms with Crippen LogP contribution in [0.25, 0.3) is 83.2 Å². The molecule has 7 aromatic carbocycles. The summed E-state index contributed by atoms with van der Waals surface area (Å²) >= 11 is 0. The number of hydrogen-bond donors (Lipinski definition) is 0. The summed E-state index contributed by atoms with van der Waals surface area (Å²) in [6, 6.07) is 51.7. The Morgan fingerprint density at radius 3 is 1.88 bits per heavy atom. The zero-order valence-electron chi connectivity index (χ0n) is 26.6. The number of rotatable bonds is 3. The van der Waals surface area contributed by atoms with Gasteiger partial charge < -0.3 is 0 Å². The molecule has 1 aliphatic rings. The highest BCUT2D eigenvalue weighted by Gasteiger charge is 2.35. The minimum atomic E-state index is -0.134. The van der Waals surface area contributed by atoms with Gasteiger partial charge in [0.05, 0.1) is 11.0 Å². The van der Waals surface area contributed by atoms with Gasteiger partial charge in [-0.25, -0.2) is 4.98 Å². The van der Waals surface area contributed by atoms with Crippen LogP contribution < -0.4 is 0 Å². The summed E-state index contributed by atoms with van der Waals surface area (Å²) in [5, 5.41) is 7.29. The van der Waals surface area contributed by atoms with Crippen molar-refractivity contribution < 1.29 is 0 Å². The highest BCUT2D eigenvalue weighted by molar-refractivity contribution is 6.28. The molecule has 0 aliphatic heterocycles. The van der Waals surface area contributed by atoms with Crippen molar-refractivity contribution in [3.8, 4) is 39.9 Å². The van der Waals surface area contributed by atoms with Gasteiger partial charge in [-0.3, -0.25) is 4.57 Å². The lowest BCUT2D eigenvalue weighted by molar-refractivity contribution is 0.645. The van der Waals surface area contributed by atoms with Crippen molar-refractivity contribution in [1.82, 2.24) is 19.5 Å². The number of fused-ring (bicyclic) bond motifs is 8. The molecule has 0 radical (unpaired) electrons. The monoisotopic (exact) mass is 614 g/mol. The molecule has 1 aliphatic carbocycles. The van der Waals surface area contributed by atoms with Crippen LogP contribution in [0.1, 0.15) is 25.0 Å². The fourth-order valence-electron chi connectivity index (χ4n) is 8.00. The van der Waals surface area contributed by atoms with Crippen molar-refractivity contribution in [2.45, 2.75) is 19.3 Å². The van der Waals surface area contributed by atoms with E-state index in [2.05, 4.69) is 128 Å². The Morgan fingerprint density at radius 2 is 1.12 bits per heavy atom. The zero-order valence-corrected chi connectivity index (χ0v) is 26.6. The summed E-state index contributed by atoms with van der Waals surface area (Å²) in [5.41, 5.74) is 9.22. The second-order valence-electron chi connectivity index (χ2n) is 13.3. The molecular weight excluding hydrogens is 585 g/mol. The quantitative estimate of drug-likeness (QED) is 0.199. The lowest BCUT2D eigenvalue weighted by Crippen LogP contribution is -2.23. The fraction of sp³-hybridized carbons (Fsp3) is 0.0682. The molecule has 0 spiro atoms. The third kappa shape index (κ3) is 3.74. The summed E-state index contributed by atoms with van der Waals surface area (Å²) in [6.45, 7) is 4.71. The molecule has 0 bridgehead atoms. The van der Waals surface area contributed by atoms with Crippen LogP contribution in [0, 0.1) is 0 Å². The van der Waals surface area contributed by atoms with Crippen LogP contribution in [0.15, 0.2) is 146 Å². The SMILES string of the molecule is CC1(C)c2ccccc2-c2c3c1cccc3cc1c2c2ccc3ccccc3c2n1-c1nc(-c2ccccc2)nc(-c2ccccc2)n1. The Balaban J connectivity index is 1.43. The highest BCUT2D eigenvalue weighted by atomic mass is 15.2. The molecule has 0 atom stereocenters. The average molecular weight is 615 g/mol. The lowest BCUT2D eigenvalue weighted by atomic mass is 9.68. The molecule has 0 saturated heterocycles. The summed E-state index contributed by atoms with van der Waals surface area (Å²) in [6.07, 6.45) is 0. The largest absolute Gasteiger partial charge is 0.277 e. The molecular formula is C44H30N4. The molecule has 0 fully saturated rings. The number of benzene rings is 7. The van der Waals surface area contributed by atoms with Crippen LogP contribution in [-0.2, 0) is 5.41 Å². The average Bonchev–Trinajstić information content (AvgIpc) is 3.48. The molecule has 9 aromatic rings. The van der Waals surface area contributed by atoms with Crippen molar-refractivity contribution in [1.29, 1.82) is 0 Å². The first-order chi connectivity index (χ1) is 23.6. The number of hydrogen-bond acceptors (Lipinski definition) is 3. The van der Waals surface area contributed by atoms with E-state index in [1.165, 1.54) is 49.2 Å². The van der Waals surface area contributed by atoms with E-state index in [0.29, 0.717) is 17.6 Å². The van der Waals surface area contributed by atoms with Crippen LogP contribution >= 0.6 is 0 Å². The van der Waals surface area contributed by atoms with Gasteiger partial charge in [0.25, 0.3) is 0 Å². The van der Waals surface area contributed by atoms with Gasteiger partial charge in [-0.1, -0.05) is 153 Å². The normalized spacial score (nSPS) is 13.4. The zero-order chi connectivity index (χ0) is 32.0. The van der Waals surface area contributed by atoms with Crippen molar-refractivity contribution in [3.63, 3.8) is 0 Å². The molecule has 48 heavy (non-hydrogen) atoms. The molecule has 4 nitrogen and oxygen atoms in total. The van der Waals surface area contributed by atoms with Gasteiger partial charge in [-0.2, -0.15) is 9.97 Å². The van der Waals surface area contributed by atoms with E-state index in [1.54, 1.807) is 0 Å². The van der Waals surface area contributed by atoms with Crippen LogP contribution in [0.4, 0.5) is 0 Å². The minimum absolute atomic E-state index is 0.134. The van der Waals surface area contributed by atoms with Crippen LogP contribution in [0.5, 0.6) is 0 Å². The van der Waals surface area contributed by atoms with Gasteiger partial charge in [0.2, 0.25) is 5.95 Å². The Bertz CT molecular complexity index is 2680. The molecule has 2 heterocycles. The molecule has 226 valence electrons. The van der Waals surface area contributed by atoms with E-state index in [0.717, 1.165) is 27.5 Å². The summed E-state index contributed by atoms with van der Waals surface area (Å²) in [4.78, 5) is 15.5. The molecule has 0 N–H and O–H groups in total. The molecule has 0 amide bonds. The van der Waals surface area contributed by atoms with Crippen LogP contribution in [0.2, 0.25) is 0 Å². The summed E-state index contributed by atoms with van der Waals surface area (Å²) < 4.78 is 2.29. The Labute approximate surface area is 278 Å². The molecule has 10 rings (SSSR count). The van der Waals surface area contributed by atoms with Gasteiger partial charge in [0, 0.05) is 38.3 Å². The maximum atomic E-state index is 5.25. The Morgan fingerprint density at radius 1 is 0.500 bits per heavy atom. The molecule has 0 saturated carbocycles. The second-order valence-corrected chi connectivity index (χ2v) is 13.3. The van der Waals surface area contributed by atoms with Crippen molar-refractivity contribution in [2.24, 2.45) is 0 Å². The number of aromatic nitrogens is 4. The Hall–Kier alpha value is -6.13. The van der Waals surface area contributed by atoms with E-state index in [-0.39, 0.29) is 5.41 Å². The number of nitrogens with zero attached hydrogens (tertiary/aromatic N) is 4. The molecule has 4 heteroatoms. The third-order valence-electron chi connectivity index (χ3n) is 10.2. The third-order valence-corrected chi connectivity index (χ3v) is 10.2. The van der Waals surface area contributed by atoms with Crippen molar-refractivity contribution in [3.05, 3.63) is 157 Å². The van der Waals surface area contributed by atoms with E-state index in [4.69, 9.17) is 15.0 Å². The van der Waals surface area contributed by atoms with Gasteiger partial charge in [0.1, 0.15) is 0 Å². The van der Waals surface area contributed by atoms with Crippen molar-refractivity contribution in [2.75, 3.05) is 0 Å². The first kappa shape index (κ1) is 27.0. The fourth-order valence-corrected chi connectivity index (χ4v) is 8.00. The first-order valence-corrected chi connectivity index (χ1v) is 16.5. The maximum Gasteiger partial charge on any atom is 0.238 e. The van der Waals surface area contributed by atoms with Crippen LogP contribution in [0.3, 0.4) is 0 Å². The smallest absolute Gasteiger partial charge is 0.238 e. The summed E-state index contributed by atoms with van der Waals surface area (Å²) in [5.74, 6) is 1.89. The lowest BCUT2D eigenvalue weighted by Gasteiger charge is -2.35. The minimum Gasteiger partial charge on any atom is -0.277 e. The topological polar surface area (TPSA) is 43.6 Å². The first-order valence-electron chi connectivity index (χ1n) is 16.5. The van der Waals surface area contributed by atoms with Crippen LogP contribution in [-0.4, -0.2) is 19.5 Å². The highest BCUT2D eigenvalue weighted by Crippen LogP contribution is 2.53. The predicted molar refractivity (Wildman–Crippen MR) is 198 cm³/mol. The van der Waals surface area contributed by atoms with E-state index in [9.17, 15) is 0 Å². The van der Waals surface area contributed by atoms with E-state index >= 15 is 0 Å². The van der Waals surface area contributed by atoms with E-state index in [1.807, 2.05) is 36.4 Å². The van der Waals surface area contributed by atoms with Gasteiger partial charge in [-0.05, 0) is 38.9 Å². The maximum absolute atomic E-state index is 5.25. The Kier molecular flexibility index (Phi) is 5.59. The molecule has 2 aromatic heterocycles. The van der Waals surface area contributed by atoms with E-state index < -0.39 is 0 Å². The van der Waals surface area contributed by atoms with Gasteiger partial charge in [0.15, 0.2) is 11.6 Å². The predicted octanol–water partition coefficient (Wildman–Crippen LogP) is 10.9. The van der Waals surface area contributed by atoms with Crippen molar-refractivity contribution >= 4 is 43.4 Å².